The molecule has 0 aliphatic heterocycles. The zero-order valence-electron chi connectivity index (χ0n) is 10.4. The van der Waals surface area contributed by atoms with Gasteiger partial charge in [-0.1, -0.05) is 13.8 Å². The maximum absolute atomic E-state index is 4.42. The highest BCUT2D eigenvalue weighted by atomic mass is 32.1. The van der Waals surface area contributed by atoms with E-state index >= 15 is 0 Å². The molecule has 0 bridgehead atoms. The SMILES string of the molecule is Cc1ccnc(-c2ncc(CNC(C)C)s2)c1. The van der Waals surface area contributed by atoms with Gasteiger partial charge in [0, 0.05) is 29.9 Å². The highest BCUT2D eigenvalue weighted by Crippen LogP contribution is 2.23. The van der Waals surface area contributed by atoms with E-state index in [4.69, 9.17) is 0 Å². The third-order valence-electron chi connectivity index (χ3n) is 2.37. The van der Waals surface area contributed by atoms with Gasteiger partial charge in [-0.3, -0.25) is 4.98 Å². The molecule has 2 rings (SSSR count). The first-order chi connectivity index (χ1) is 8.15. The van der Waals surface area contributed by atoms with Gasteiger partial charge < -0.3 is 5.32 Å². The topological polar surface area (TPSA) is 37.8 Å². The zero-order valence-corrected chi connectivity index (χ0v) is 11.2. The molecule has 4 heteroatoms. The van der Waals surface area contributed by atoms with Gasteiger partial charge in [0.25, 0.3) is 0 Å². The summed E-state index contributed by atoms with van der Waals surface area (Å²) in [6.07, 6.45) is 3.76. The van der Waals surface area contributed by atoms with E-state index in [9.17, 15) is 0 Å². The van der Waals surface area contributed by atoms with Crippen LogP contribution in [0.15, 0.2) is 24.5 Å². The van der Waals surface area contributed by atoms with Crippen LogP contribution in [0.25, 0.3) is 10.7 Å². The van der Waals surface area contributed by atoms with Gasteiger partial charge in [0.15, 0.2) is 0 Å². The molecule has 0 saturated heterocycles. The summed E-state index contributed by atoms with van der Waals surface area (Å²) in [6.45, 7) is 7.23. The maximum atomic E-state index is 4.42. The number of nitrogens with zero attached hydrogens (tertiary/aromatic N) is 2. The van der Waals surface area contributed by atoms with Crippen LogP contribution in [-0.4, -0.2) is 16.0 Å². The molecule has 0 saturated carbocycles. The molecule has 0 aromatic carbocycles. The van der Waals surface area contributed by atoms with E-state index < -0.39 is 0 Å². The molecule has 0 amide bonds. The van der Waals surface area contributed by atoms with Crippen LogP contribution >= 0.6 is 11.3 Å². The molecule has 0 aliphatic carbocycles. The predicted octanol–water partition coefficient (Wildman–Crippen LogP) is 3.01. The Morgan fingerprint density at radius 3 is 2.88 bits per heavy atom. The van der Waals surface area contributed by atoms with Crippen molar-refractivity contribution >= 4 is 11.3 Å². The molecular formula is C13H17N3S. The molecule has 0 radical (unpaired) electrons. The minimum atomic E-state index is 0.498. The summed E-state index contributed by atoms with van der Waals surface area (Å²) < 4.78 is 0. The van der Waals surface area contributed by atoms with Crippen LogP contribution < -0.4 is 5.32 Å². The molecule has 0 aliphatic rings. The minimum Gasteiger partial charge on any atom is -0.310 e. The molecule has 0 atom stereocenters. The first kappa shape index (κ1) is 12.2. The van der Waals surface area contributed by atoms with Crippen LogP contribution in [0.4, 0.5) is 0 Å². The van der Waals surface area contributed by atoms with Crippen molar-refractivity contribution in [2.75, 3.05) is 0 Å². The lowest BCUT2D eigenvalue weighted by Crippen LogP contribution is -2.21. The maximum Gasteiger partial charge on any atom is 0.142 e. The second kappa shape index (κ2) is 5.38. The summed E-state index contributed by atoms with van der Waals surface area (Å²) in [5.74, 6) is 0. The number of hydrogen-bond donors (Lipinski definition) is 1. The second-order valence-corrected chi connectivity index (χ2v) is 5.50. The Kier molecular flexibility index (Phi) is 3.86. The van der Waals surface area contributed by atoms with E-state index in [2.05, 4.69) is 42.1 Å². The van der Waals surface area contributed by atoms with Crippen molar-refractivity contribution in [3.63, 3.8) is 0 Å². The highest BCUT2D eigenvalue weighted by molar-refractivity contribution is 7.14. The fourth-order valence-electron chi connectivity index (χ4n) is 1.47. The number of rotatable bonds is 4. The normalized spacial score (nSPS) is 11.1. The van der Waals surface area contributed by atoms with Gasteiger partial charge in [-0.2, -0.15) is 0 Å². The van der Waals surface area contributed by atoms with Crippen LogP contribution in [-0.2, 0) is 6.54 Å². The lowest BCUT2D eigenvalue weighted by atomic mass is 10.2. The van der Waals surface area contributed by atoms with E-state index in [0.717, 1.165) is 17.2 Å². The standard InChI is InChI=1S/C13H17N3S/c1-9(2)15-7-11-8-16-13(17-11)12-6-10(3)4-5-14-12/h4-6,8-9,15H,7H2,1-3H3. The van der Waals surface area contributed by atoms with Crippen LogP contribution in [0.2, 0.25) is 0 Å². The number of aryl methyl sites for hydroxylation is 1. The number of aromatic nitrogens is 2. The first-order valence-electron chi connectivity index (χ1n) is 5.76. The second-order valence-electron chi connectivity index (χ2n) is 4.39. The van der Waals surface area contributed by atoms with Crippen LogP contribution in [0.1, 0.15) is 24.3 Å². The van der Waals surface area contributed by atoms with Crippen molar-refractivity contribution in [3.8, 4) is 10.7 Å². The lowest BCUT2D eigenvalue weighted by Gasteiger charge is -2.04. The van der Waals surface area contributed by atoms with Gasteiger partial charge in [0.1, 0.15) is 5.01 Å². The molecule has 17 heavy (non-hydrogen) atoms. The molecule has 0 fully saturated rings. The number of nitrogens with one attached hydrogen (secondary N) is 1. The molecule has 90 valence electrons. The van der Waals surface area contributed by atoms with E-state index in [0.29, 0.717) is 6.04 Å². The average molecular weight is 247 g/mol. The molecule has 2 heterocycles. The fraction of sp³-hybridized carbons (Fsp3) is 0.385. The average Bonchev–Trinajstić information content (AvgIpc) is 2.75. The van der Waals surface area contributed by atoms with E-state index in [1.165, 1.54) is 10.4 Å². The number of hydrogen-bond acceptors (Lipinski definition) is 4. The Morgan fingerprint density at radius 2 is 2.18 bits per heavy atom. The predicted molar refractivity (Wildman–Crippen MR) is 72.1 cm³/mol. The Hall–Kier alpha value is -1.26. The van der Waals surface area contributed by atoms with Gasteiger partial charge in [-0.25, -0.2) is 4.98 Å². The Morgan fingerprint density at radius 1 is 1.35 bits per heavy atom. The van der Waals surface area contributed by atoms with Crippen molar-refractivity contribution < 1.29 is 0 Å². The largest absolute Gasteiger partial charge is 0.310 e. The van der Waals surface area contributed by atoms with Gasteiger partial charge in [-0.15, -0.1) is 11.3 Å². The van der Waals surface area contributed by atoms with E-state index in [-0.39, 0.29) is 0 Å². The fourth-order valence-corrected chi connectivity index (χ4v) is 2.30. The van der Waals surface area contributed by atoms with Crippen molar-refractivity contribution in [3.05, 3.63) is 35.0 Å². The van der Waals surface area contributed by atoms with E-state index in [1.807, 2.05) is 18.5 Å². The summed E-state index contributed by atoms with van der Waals surface area (Å²) in [6, 6.07) is 4.56. The lowest BCUT2D eigenvalue weighted by molar-refractivity contribution is 0.593. The Balaban J connectivity index is 2.12. The van der Waals surface area contributed by atoms with Gasteiger partial charge in [0.05, 0.1) is 5.69 Å². The Bertz CT molecular complexity index is 491. The van der Waals surface area contributed by atoms with Crippen LogP contribution in [0.5, 0.6) is 0 Å². The smallest absolute Gasteiger partial charge is 0.142 e. The summed E-state index contributed by atoms with van der Waals surface area (Å²) in [7, 11) is 0. The van der Waals surface area contributed by atoms with Crippen molar-refractivity contribution in [1.82, 2.24) is 15.3 Å². The van der Waals surface area contributed by atoms with Gasteiger partial charge in [-0.05, 0) is 24.6 Å². The molecule has 1 N–H and O–H groups in total. The molecular weight excluding hydrogens is 230 g/mol. The molecule has 0 unspecified atom stereocenters. The van der Waals surface area contributed by atoms with Crippen molar-refractivity contribution in [2.24, 2.45) is 0 Å². The summed E-state index contributed by atoms with van der Waals surface area (Å²) in [5, 5.41) is 4.38. The third-order valence-corrected chi connectivity index (χ3v) is 3.39. The molecule has 2 aromatic heterocycles. The molecule has 3 nitrogen and oxygen atoms in total. The summed E-state index contributed by atoms with van der Waals surface area (Å²) in [4.78, 5) is 10.0. The van der Waals surface area contributed by atoms with Gasteiger partial charge in [0.2, 0.25) is 0 Å². The zero-order chi connectivity index (χ0) is 12.3. The third kappa shape index (κ3) is 3.35. The first-order valence-corrected chi connectivity index (χ1v) is 6.58. The van der Waals surface area contributed by atoms with Crippen molar-refractivity contribution in [1.29, 1.82) is 0 Å². The van der Waals surface area contributed by atoms with Crippen molar-refractivity contribution in [2.45, 2.75) is 33.4 Å². The van der Waals surface area contributed by atoms with Crippen LogP contribution in [0, 0.1) is 6.92 Å². The molecule has 0 spiro atoms. The summed E-state index contributed by atoms with van der Waals surface area (Å²) in [5.41, 5.74) is 2.18. The van der Waals surface area contributed by atoms with E-state index in [1.54, 1.807) is 11.3 Å². The molecule has 2 aromatic rings. The van der Waals surface area contributed by atoms with Crippen LogP contribution in [0.3, 0.4) is 0 Å². The quantitative estimate of drug-likeness (QED) is 0.902. The number of pyridine rings is 1. The summed E-state index contributed by atoms with van der Waals surface area (Å²) >= 11 is 1.70. The Labute approximate surface area is 106 Å². The monoisotopic (exact) mass is 247 g/mol. The van der Waals surface area contributed by atoms with Gasteiger partial charge >= 0.3 is 0 Å². The minimum absolute atomic E-state index is 0.498. The number of thiazole rings is 1. The highest BCUT2D eigenvalue weighted by Gasteiger charge is 2.06.